The van der Waals surface area contributed by atoms with Gasteiger partial charge in [0, 0.05) is 19.2 Å². The molecule has 6 nitrogen and oxygen atoms in total. The van der Waals surface area contributed by atoms with Crippen molar-refractivity contribution in [1.29, 1.82) is 0 Å². The van der Waals surface area contributed by atoms with Crippen LogP contribution in [0.4, 0.5) is 5.69 Å². The molecule has 80 valence electrons. The number of non-ortho nitro benzene ring substituents is 1. The zero-order valence-corrected chi connectivity index (χ0v) is 8.19. The smallest absolute Gasteiger partial charge is 0.269 e. The molecule has 0 aliphatic rings. The molecule has 0 aliphatic carbocycles. The fraction of sp³-hybridized carbons (Fsp3) is 0.222. The first-order valence-electron chi connectivity index (χ1n) is 4.32. The van der Waals surface area contributed by atoms with Gasteiger partial charge in [0.15, 0.2) is 0 Å². The highest BCUT2D eigenvalue weighted by molar-refractivity contribution is 5.78. The summed E-state index contributed by atoms with van der Waals surface area (Å²) in [6, 6.07) is 5.88. The fourth-order valence-electron chi connectivity index (χ4n) is 1.10. The Labute approximate surface area is 86.4 Å². The molecule has 1 aromatic rings. The summed E-state index contributed by atoms with van der Waals surface area (Å²) in [6.07, 6.45) is 0.193. The molecule has 0 unspecified atom stereocenters. The molecule has 0 saturated carbocycles. The Bertz CT molecular complexity index is 361. The van der Waals surface area contributed by atoms with Crippen LogP contribution in [-0.4, -0.2) is 17.9 Å². The highest BCUT2D eigenvalue weighted by Gasteiger charge is 2.06. The third-order valence-electron chi connectivity index (χ3n) is 1.78. The predicted molar refractivity (Wildman–Crippen MR) is 54.0 cm³/mol. The van der Waals surface area contributed by atoms with Gasteiger partial charge < -0.3 is 0 Å². The van der Waals surface area contributed by atoms with Crippen LogP contribution in [0.1, 0.15) is 5.56 Å². The standard InChI is InChI=1S/C9H11N3O3/c1-10-11-9(13)6-7-2-4-8(5-3-7)12(14)15/h2-5,10H,6H2,1H3,(H,11,13). The van der Waals surface area contributed by atoms with Gasteiger partial charge in [0.25, 0.3) is 5.69 Å². The maximum Gasteiger partial charge on any atom is 0.269 e. The van der Waals surface area contributed by atoms with Crippen molar-refractivity contribution in [2.24, 2.45) is 0 Å². The normalized spacial score (nSPS) is 9.67. The number of nitro benzene ring substituents is 1. The molecule has 0 aliphatic heterocycles. The average Bonchev–Trinajstić information content (AvgIpc) is 2.18. The molecule has 2 N–H and O–H groups in total. The number of hydrogen-bond acceptors (Lipinski definition) is 4. The van der Waals surface area contributed by atoms with Crippen molar-refractivity contribution in [3.05, 3.63) is 39.9 Å². The molecule has 15 heavy (non-hydrogen) atoms. The number of hydrazine groups is 1. The van der Waals surface area contributed by atoms with Crippen molar-refractivity contribution in [1.82, 2.24) is 10.9 Å². The van der Waals surface area contributed by atoms with Gasteiger partial charge in [0.1, 0.15) is 0 Å². The van der Waals surface area contributed by atoms with Gasteiger partial charge in [-0.15, -0.1) is 0 Å². The van der Waals surface area contributed by atoms with Crippen LogP contribution in [0.5, 0.6) is 0 Å². The number of rotatable bonds is 4. The minimum atomic E-state index is -0.475. The van der Waals surface area contributed by atoms with Gasteiger partial charge in [0.2, 0.25) is 5.91 Å². The summed E-state index contributed by atoms with van der Waals surface area (Å²) >= 11 is 0. The van der Waals surface area contributed by atoms with Crippen LogP contribution in [0.3, 0.4) is 0 Å². The molecule has 6 heteroatoms. The number of carbonyl (C=O) groups is 1. The largest absolute Gasteiger partial charge is 0.292 e. The molecule has 0 bridgehead atoms. The van der Waals surface area contributed by atoms with Crippen molar-refractivity contribution in [3.63, 3.8) is 0 Å². The van der Waals surface area contributed by atoms with Crippen LogP contribution < -0.4 is 10.9 Å². The number of nitrogens with zero attached hydrogens (tertiary/aromatic N) is 1. The highest BCUT2D eigenvalue weighted by atomic mass is 16.6. The fourth-order valence-corrected chi connectivity index (χ4v) is 1.10. The van der Waals surface area contributed by atoms with Crippen molar-refractivity contribution >= 4 is 11.6 Å². The van der Waals surface area contributed by atoms with Crippen molar-refractivity contribution < 1.29 is 9.72 Å². The van der Waals surface area contributed by atoms with Crippen LogP contribution in [-0.2, 0) is 11.2 Å². The van der Waals surface area contributed by atoms with Crippen LogP contribution in [0.2, 0.25) is 0 Å². The zero-order chi connectivity index (χ0) is 11.3. The van der Waals surface area contributed by atoms with E-state index in [0.29, 0.717) is 0 Å². The molecule has 0 saturated heterocycles. The van der Waals surface area contributed by atoms with E-state index < -0.39 is 4.92 Å². The number of benzene rings is 1. The highest BCUT2D eigenvalue weighted by Crippen LogP contribution is 2.11. The lowest BCUT2D eigenvalue weighted by atomic mass is 10.1. The Balaban J connectivity index is 2.64. The maximum atomic E-state index is 11.1. The molecule has 0 heterocycles. The van der Waals surface area contributed by atoms with E-state index >= 15 is 0 Å². The van der Waals surface area contributed by atoms with Crippen LogP contribution in [0.25, 0.3) is 0 Å². The zero-order valence-electron chi connectivity index (χ0n) is 8.19. The molecule has 0 radical (unpaired) electrons. The first-order valence-corrected chi connectivity index (χ1v) is 4.32. The Morgan fingerprint density at radius 2 is 2.00 bits per heavy atom. The average molecular weight is 209 g/mol. The van der Waals surface area contributed by atoms with E-state index in [4.69, 9.17) is 0 Å². The predicted octanol–water partition coefficient (Wildman–Crippen LogP) is 0.388. The van der Waals surface area contributed by atoms with Crippen LogP contribution in [0.15, 0.2) is 24.3 Å². The minimum Gasteiger partial charge on any atom is -0.292 e. The quantitative estimate of drug-likeness (QED) is 0.555. The lowest BCUT2D eigenvalue weighted by Crippen LogP contribution is -2.35. The minimum absolute atomic E-state index is 0.0211. The second kappa shape index (κ2) is 5.06. The SMILES string of the molecule is CNNC(=O)Cc1ccc([N+](=O)[O-])cc1. The second-order valence-corrected chi connectivity index (χ2v) is 2.90. The lowest BCUT2D eigenvalue weighted by molar-refractivity contribution is -0.384. The molecular weight excluding hydrogens is 198 g/mol. The Kier molecular flexibility index (Phi) is 3.75. The molecule has 1 aromatic carbocycles. The summed E-state index contributed by atoms with van der Waals surface area (Å²) in [6.45, 7) is 0. The molecule has 0 aromatic heterocycles. The van der Waals surface area contributed by atoms with E-state index in [2.05, 4.69) is 10.9 Å². The van der Waals surface area contributed by atoms with E-state index in [1.54, 1.807) is 19.2 Å². The molecular formula is C9H11N3O3. The van der Waals surface area contributed by atoms with Crippen LogP contribution in [0, 0.1) is 10.1 Å². The summed E-state index contributed by atoms with van der Waals surface area (Å²) in [5, 5.41) is 10.4. The van der Waals surface area contributed by atoms with Gasteiger partial charge >= 0.3 is 0 Å². The number of nitrogens with one attached hydrogen (secondary N) is 2. The number of hydrogen-bond donors (Lipinski definition) is 2. The Hall–Kier alpha value is -1.95. The number of carbonyl (C=O) groups excluding carboxylic acids is 1. The van der Waals surface area contributed by atoms with Gasteiger partial charge in [-0.1, -0.05) is 12.1 Å². The van der Waals surface area contributed by atoms with Gasteiger partial charge in [-0.3, -0.25) is 20.3 Å². The Morgan fingerprint density at radius 3 is 2.47 bits per heavy atom. The number of amides is 1. The summed E-state index contributed by atoms with van der Waals surface area (Å²) in [5.74, 6) is -0.189. The van der Waals surface area contributed by atoms with Gasteiger partial charge in [-0.05, 0) is 5.56 Å². The second-order valence-electron chi connectivity index (χ2n) is 2.90. The topological polar surface area (TPSA) is 84.3 Å². The van der Waals surface area contributed by atoms with E-state index in [1.165, 1.54) is 12.1 Å². The first-order chi connectivity index (χ1) is 7.13. The van der Waals surface area contributed by atoms with Gasteiger partial charge in [0.05, 0.1) is 11.3 Å². The summed E-state index contributed by atoms with van der Waals surface area (Å²) in [5.41, 5.74) is 5.67. The lowest BCUT2D eigenvalue weighted by Gasteiger charge is -2.02. The summed E-state index contributed by atoms with van der Waals surface area (Å²) in [4.78, 5) is 21.0. The molecule has 0 fully saturated rings. The molecule has 1 amide bonds. The first kappa shape index (κ1) is 11.1. The van der Waals surface area contributed by atoms with Gasteiger partial charge in [-0.2, -0.15) is 0 Å². The molecule has 0 atom stereocenters. The third kappa shape index (κ3) is 3.35. The van der Waals surface area contributed by atoms with Crippen LogP contribution >= 0.6 is 0 Å². The van der Waals surface area contributed by atoms with E-state index in [-0.39, 0.29) is 18.0 Å². The van der Waals surface area contributed by atoms with Crippen molar-refractivity contribution in [3.8, 4) is 0 Å². The van der Waals surface area contributed by atoms with Gasteiger partial charge in [-0.25, -0.2) is 5.43 Å². The van der Waals surface area contributed by atoms with Crippen molar-refractivity contribution in [2.45, 2.75) is 6.42 Å². The van der Waals surface area contributed by atoms with Crippen molar-refractivity contribution in [2.75, 3.05) is 7.05 Å². The summed E-state index contributed by atoms with van der Waals surface area (Å²) < 4.78 is 0. The number of nitro groups is 1. The van der Waals surface area contributed by atoms with E-state index in [1.807, 2.05) is 0 Å². The maximum absolute atomic E-state index is 11.1. The monoisotopic (exact) mass is 209 g/mol. The summed E-state index contributed by atoms with van der Waals surface area (Å²) in [7, 11) is 1.59. The van der Waals surface area contributed by atoms with E-state index in [9.17, 15) is 14.9 Å². The third-order valence-corrected chi connectivity index (χ3v) is 1.78. The van der Waals surface area contributed by atoms with E-state index in [0.717, 1.165) is 5.56 Å². The molecule has 0 spiro atoms. The molecule has 1 rings (SSSR count). The Morgan fingerprint density at radius 1 is 1.40 bits per heavy atom.